The molecule has 1 unspecified atom stereocenters. The van der Waals surface area contributed by atoms with Gasteiger partial charge in [0.15, 0.2) is 5.76 Å². The molecule has 1 amide bonds. The third kappa shape index (κ3) is 5.75. The Morgan fingerprint density at radius 1 is 1.05 bits per heavy atom. The van der Waals surface area contributed by atoms with Gasteiger partial charge >= 0.3 is 6.09 Å². The highest BCUT2D eigenvalue weighted by atomic mass is 16.5. The zero-order valence-electron chi connectivity index (χ0n) is 21.1. The Kier molecular flexibility index (Phi) is 7.66. The Morgan fingerprint density at radius 3 is 2.59 bits per heavy atom. The second-order valence-corrected chi connectivity index (χ2v) is 9.60. The summed E-state index contributed by atoms with van der Waals surface area (Å²) in [5.41, 5.74) is 7.99. The number of aromatic nitrogens is 1. The lowest BCUT2D eigenvalue weighted by atomic mass is 9.79. The molecule has 0 fully saturated rings. The van der Waals surface area contributed by atoms with Gasteiger partial charge < -0.3 is 14.4 Å². The zero-order valence-corrected chi connectivity index (χ0v) is 21.1. The molecule has 0 saturated heterocycles. The summed E-state index contributed by atoms with van der Waals surface area (Å²) >= 11 is 0. The van der Waals surface area contributed by atoms with Gasteiger partial charge in [0.05, 0.1) is 0 Å². The second-order valence-electron chi connectivity index (χ2n) is 9.60. The van der Waals surface area contributed by atoms with E-state index in [-0.39, 0.29) is 13.2 Å². The molecule has 1 aliphatic carbocycles. The van der Waals surface area contributed by atoms with Gasteiger partial charge in [-0.05, 0) is 72.8 Å². The van der Waals surface area contributed by atoms with Gasteiger partial charge in [-0.2, -0.15) is 0 Å². The van der Waals surface area contributed by atoms with E-state index >= 15 is 0 Å². The van der Waals surface area contributed by atoms with Gasteiger partial charge in [0.25, 0.3) is 0 Å². The number of nitrogens with zero attached hydrogens (tertiary/aromatic N) is 1. The van der Waals surface area contributed by atoms with Crippen LogP contribution in [0.25, 0.3) is 22.5 Å². The number of aryl methyl sites for hydroxylation is 2. The SMILES string of the molecule is Cc1noc(-c2ccc(-c3ccc4c(c3)CCCC4CCCO)cc2)c1NC(=O)OCc1ccccc1. The number of anilines is 1. The van der Waals surface area contributed by atoms with E-state index in [2.05, 4.69) is 40.8 Å². The largest absolute Gasteiger partial charge is 0.444 e. The molecule has 0 bridgehead atoms. The first-order valence-corrected chi connectivity index (χ1v) is 12.9. The molecule has 0 saturated carbocycles. The number of ether oxygens (including phenoxy) is 1. The fourth-order valence-electron chi connectivity index (χ4n) is 5.12. The van der Waals surface area contributed by atoms with E-state index in [1.807, 2.05) is 42.5 Å². The predicted molar refractivity (Wildman–Crippen MR) is 144 cm³/mol. The zero-order chi connectivity index (χ0) is 25.6. The highest BCUT2D eigenvalue weighted by Crippen LogP contribution is 2.38. The molecule has 0 spiro atoms. The predicted octanol–water partition coefficient (Wildman–Crippen LogP) is 7.26. The molecule has 1 atom stereocenters. The molecule has 1 heterocycles. The minimum atomic E-state index is -0.556. The van der Waals surface area contributed by atoms with Crippen LogP contribution in [0.5, 0.6) is 0 Å². The molecule has 6 nitrogen and oxygen atoms in total. The van der Waals surface area contributed by atoms with Gasteiger partial charge in [-0.3, -0.25) is 5.32 Å². The number of hydrogen-bond donors (Lipinski definition) is 2. The molecule has 37 heavy (non-hydrogen) atoms. The minimum Gasteiger partial charge on any atom is -0.444 e. The van der Waals surface area contributed by atoms with Crippen molar-refractivity contribution in [3.05, 3.63) is 95.2 Å². The number of carbonyl (C=O) groups is 1. The van der Waals surface area contributed by atoms with Crippen LogP contribution in [-0.2, 0) is 17.8 Å². The third-order valence-corrected chi connectivity index (χ3v) is 7.08. The Hall–Kier alpha value is -3.90. The standard InChI is InChI=1S/C31H32N2O4/c1-21-29(32-31(35)36-20-22-7-3-2-4-8-22)30(37-33-21)25-14-12-23(13-15-25)26-16-17-28-24(11-6-18-34)9-5-10-27(28)19-26/h2-4,7-8,12-17,19,24,34H,5-6,9-11,18,20H2,1H3,(H,32,35). The van der Waals surface area contributed by atoms with Crippen LogP contribution in [0.4, 0.5) is 10.5 Å². The highest BCUT2D eigenvalue weighted by Gasteiger charge is 2.21. The van der Waals surface area contributed by atoms with Crippen LogP contribution in [0.1, 0.15) is 54.0 Å². The Morgan fingerprint density at radius 2 is 1.81 bits per heavy atom. The Balaban J connectivity index is 1.30. The lowest BCUT2D eigenvalue weighted by Crippen LogP contribution is -2.14. The molecular weight excluding hydrogens is 464 g/mol. The summed E-state index contributed by atoms with van der Waals surface area (Å²) in [5, 5.41) is 16.1. The van der Waals surface area contributed by atoms with E-state index < -0.39 is 6.09 Å². The first-order chi connectivity index (χ1) is 18.1. The average molecular weight is 497 g/mol. The molecular formula is C31H32N2O4. The fourth-order valence-corrected chi connectivity index (χ4v) is 5.12. The maximum Gasteiger partial charge on any atom is 0.412 e. The van der Waals surface area contributed by atoms with E-state index in [4.69, 9.17) is 9.26 Å². The number of hydrogen-bond acceptors (Lipinski definition) is 5. The van der Waals surface area contributed by atoms with Gasteiger partial charge in [-0.25, -0.2) is 4.79 Å². The normalized spacial score (nSPS) is 14.7. The van der Waals surface area contributed by atoms with Crippen LogP contribution in [-0.4, -0.2) is 23.0 Å². The summed E-state index contributed by atoms with van der Waals surface area (Å²) in [5.74, 6) is 1.05. The van der Waals surface area contributed by atoms with Crippen molar-refractivity contribution in [2.45, 2.75) is 51.6 Å². The number of amides is 1. The van der Waals surface area contributed by atoms with Crippen molar-refractivity contribution < 1.29 is 19.2 Å². The summed E-state index contributed by atoms with van der Waals surface area (Å²) in [4.78, 5) is 12.4. The Bertz CT molecular complexity index is 1350. The first-order valence-electron chi connectivity index (χ1n) is 12.9. The van der Waals surface area contributed by atoms with Crippen LogP contribution in [0, 0.1) is 6.92 Å². The number of fused-ring (bicyclic) bond motifs is 1. The molecule has 1 aliphatic rings. The number of benzene rings is 3. The van der Waals surface area contributed by atoms with Crippen LogP contribution in [0.15, 0.2) is 77.3 Å². The summed E-state index contributed by atoms with van der Waals surface area (Å²) in [7, 11) is 0. The first kappa shape index (κ1) is 24.8. The maximum absolute atomic E-state index is 12.4. The Labute approximate surface area is 217 Å². The quantitative estimate of drug-likeness (QED) is 0.268. The van der Waals surface area contributed by atoms with Crippen LogP contribution in [0.3, 0.4) is 0 Å². The monoisotopic (exact) mass is 496 g/mol. The number of nitrogens with one attached hydrogen (secondary N) is 1. The van der Waals surface area contributed by atoms with Gasteiger partial charge in [-0.1, -0.05) is 78.0 Å². The maximum atomic E-state index is 12.4. The van der Waals surface area contributed by atoms with Crippen LogP contribution < -0.4 is 5.32 Å². The van der Waals surface area contributed by atoms with Crippen molar-refractivity contribution >= 4 is 11.8 Å². The van der Waals surface area contributed by atoms with E-state index in [0.717, 1.165) is 36.0 Å². The second kappa shape index (κ2) is 11.4. The third-order valence-electron chi connectivity index (χ3n) is 7.08. The highest BCUT2D eigenvalue weighted by molar-refractivity contribution is 5.91. The van der Waals surface area contributed by atoms with Crippen molar-refractivity contribution in [1.82, 2.24) is 5.16 Å². The summed E-state index contributed by atoms with van der Waals surface area (Å²) in [6.07, 6.45) is 4.84. The van der Waals surface area contributed by atoms with Crippen LogP contribution >= 0.6 is 0 Å². The molecule has 2 N–H and O–H groups in total. The topological polar surface area (TPSA) is 84.6 Å². The van der Waals surface area contributed by atoms with Gasteiger partial charge in [0.2, 0.25) is 0 Å². The van der Waals surface area contributed by atoms with Gasteiger partial charge in [0, 0.05) is 12.2 Å². The van der Waals surface area contributed by atoms with Gasteiger partial charge in [0.1, 0.15) is 18.0 Å². The van der Waals surface area contributed by atoms with E-state index in [0.29, 0.717) is 23.1 Å². The summed E-state index contributed by atoms with van der Waals surface area (Å²) in [6.45, 7) is 2.23. The van der Waals surface area contributed by atoms with E-state index in [1.54, 1.807) is 6.92 Å². The fraction of sp³-hybridized carbons (Fsp3) is 0.290. The summed E-state index contributed by atoms with van der Waals surface area (Å²) < 4.78 is 10.9. The lowest BCUT2D eigenvalue weighted by molar-refractivity contribution is 0.155. The number of aliphatic hydroxyl groups excluding tert-OH is 1. The number of aliphatic hydroxyl groups is 1. The molecule has 5 rings (SSSR count). The molecule has 190 valence electrons. The molecule has 4 aromatic rings. The number of rotatable bonds is 8. The van der Waals surface area contributed by atoms with Gasteiger partial charge in [-0.15, -0.1) is 0 Å². The molecule has 1 aromatic heterocycles. The molecule has 0 aliphatic heterocycles. The molecule has 3 aromatic carbocycles. The number of carbonyl (C=O) groups excluding carboxylic acids is 1. The molecule has 6 heteroatoms. The van der Waals surface area contributed by atoms with E-state index in [1.165, 1.54) is 29.5 Å². The van der Waals surface area contributed by atoms with Crippen molar-refractivity contribution in [3.63, 3.8) is 0 Å². The minimum absolute atomic E-state index is 0.185. The van der Waals surface area contributed by atoms with Crippen molar-refractivity contribution in [2.75, 3.05) is 11.9 Å². The smallest absolute Gasteiger partial charge is 0.412 e. The lowest BCUT2D eigenvalue weighted by Gasteiger charge is -2.26. The van der Waals surface area contributed by atoms with E-state index in [9.17, 15) is 9.90 Å². The van der Waals surface area contributed by atoms with Crippen molar-refractivity contribution in [3.8, 4) is 22.5 Å². The van der Waals surface area contributed by atoms with Crippen molar-refractivity contribution in [2.24, 2.45) is 0 Å². The summed E-state index contributed by atoms with van der Waals surface area (Å²) in [6, 6.07) is 24.4. The van der Waals surface area contributed by atoms with Crippen molar-refractivity contribution in [1.29, 1.82) is 0 Å². The van der Waals surface area contributed by atoms with Crippen LogP contribution in [0.2, 0.25) is 0 Å². The molecule has 0 radical (unpaired) electrons. The average Bonchev–Trinajstić information content (AvgIpc) is 3.30.